The number of aromatic nitrogens is 2. The van der Waals surface area contributed by atoms with Gasteiger partial charge in [0.05, 0.1) is 0 Å². The molecule has 24 heavy (non-hydrogen) atoms. The van der Waals surface area contributed by atoms with Crippen LogP contribution in [0.4, 0.5) is 0 Å². The van der Waals surface area contributed by atoms with Crippen LogP contribution in [-0.2, 0) is 24.2 Å². The summed E-state index contributed by atoms with van der Waals surface area (Å²) in [6, 6.07) is 6.60. The molecule has 8 heteroatoms. The first-order valence-corrected chi connectivity index (χ1v) is 8.78. The zero-order valence-corrected chi connectivity index (χ0v) is 15.0. The molecule has 0 amide bonds. The van der Waals surface area contributed by atoms with E-state index in [1.807, 2.05) is 13.8 Å². The zero-order chi connectivity index (χ0) is 18.2. The highest BCUT2D eigenvalue weighted by atomic mass is 32.2. The molecule has 0 saturated heterocycles. The Morgan fingerprint density at radius 3 is 2.04 bits per heavy atom. The van der Waals surface area contributed by atoms with Gasteiger partial charge in [0.15, 0.2) is 4.90 Å². The summed E-state index contributed by atoms with van der Waals surface area (Å²) in [4.78, 5) is 23.5. The van der Waals surface area contributed by atoms with Gasteiger partial charge in [0.1, 0.15) is 5.75 Å². The molecule has 0 radical (unpaired) electrons. The normalized spacial score (nSPS) is 11.8. The standard InChI is InChI=1S/C16H20N2O5S/c1-10(2)12-6-8-13(9-7-12)23-24(21,22)14-11(3)17(4)16(20)18(5)15(14)19/h6-10H,1-5H3. The fourth-order valence-corrected chi connectivity index (χ4v) is 3.58. The van der Waals surface area contributed by atoms with Crippen LogP contribution in [0, 0.1) is 6.92 Å². The Balaban J connectivity index is 2.53. The lowest BCUT2D eigenvalue weighted by molar-refractivity contribution is 0.478. The van der Waals surface area contributed by atoms with E-state index in [1.54, 1.807) is 12.1 Å². The minimum absolute atomic E-state index is 0.0295. The first-order chi connectivity index (χ1) is 11.1. The Morgan fingerprint density at radius 2 is 1.54 bits per heavy atom. The Labute approximate surface area is 140 Å². The van der Waals surface area contributed by atoms with E-state index in [1.165, 1.54) is 33.2 Å². The quantitative estimate of drug-likeness (QED) is 0.774. The average molecular weight is 352 g/mol. The molecular formula is C16H20N2O5S. The van der Waals surface area contributed by atoms with Crippen molar-refractivity contribution in [2.75, 3.05) is 0 Å². The Bertz CT molecular complexity index is 983. The molecule has 2 rings (SSSR count). The van der Waals surface area contributed by atoms with E-state index in [9.17, 15) is 18.0 Å². The van der Waals surface area contributed by atoms with Gasteiger partial charge < -0.3 is 4.18 Å². The summed E-state index contributed by atoms with van der Waals surface area (Å²) in [5.74, 6) is 0.406. The molecule has 0 atom stereocenters. The fraction of sp³-hybridized carbons (Fsp3) is 0.375. The van der Waals surface area contributed by atoms with Crippen molar-refractivity contribution >= 4 is 10.1 Å². The highest BCUT2D eigenvalue weighted by Gasteiger charge is 2.27. The molecule has 0 unspecified atom stereocenters. The Hall–Kier alpha value is -2.35. The van der Waals surface area contributed by atoms with E-state index in [0.29, 0.717) is 5.92 Å². The van der Waals surface area contributed by atoms with Gasteiger partial charge in [-0.3, -0.25) is 13.9 Å². The molecule has 7 nitrogen and oxygen atoms in total. The van der Waals surface area contributed by atoms with Gasteiger partial charge in [-0.2, -0.15) is 8.42 Å². The molecule has 0 fully saturated rings. The van der Waals surface area contributed by atoms with Crippen molar-refractivity contribution in [3.05, 3.63) is 56.4 Å². The summed E-state index contributed by atoms with van der Waals surface area (Å²) in [6.45, 7) is 5.43. The van der Waals surface area contributed by atoms with Gasteiger partial charge in [-0.15, -0.1) is 0 Å². The number of hydrogen-bond acceptors (Lipinski definition) is 5. The van der Waals surface area contributed by atoms with E-state index in [2.05, 4.69) is 0 Å². The predicted octanol–water partition coefficient (Wildman–Crippen LogP) is 1.28. The monoisotopic (exact) mass is 352 g/mol. The second kappa shape index (κ2) is 6.27. The molecule has 1 aromatic heterocycles. The van der Waals surface area contributed by atoms with Crippen molar-refractivity contribution in [1.82, 2.24) is 9.13 Å². The van der Waals surface area contributed by atoms with Crippen LogP contribution in [0.25, 0.3) is 0 Å². The van der Waals surface area contributed by atoms with Crippen molar-refractivity contribution < 1.29 is 12.6 Å². The minimum Gasteiger partial charge on any atom is -0.379 e. The van der Waals surface area contributed by atoms with Crippen LogP contribution < -0.4 is 15.4 Å². The summed E-state index contributed by atoms with van der Waals surface area (Å²) in [5, 5.41) is 0. The number of hydrogen-bond donors (Lipinski definition) is 0. The molecule has 0 aliphatic rings. The van der Waals surface area contributed by atoms with Gasteiger partial charge in [-0.1, -0.05) is 26.0 Å². The SMILES string of the molecule is Cc1c(S(=O)(=O)Oc2ccc(C(C)C)cc2)c(=O)n(C)c(=O)n1C. The van der Waals surface area contributed by atoms with Crippen LogP contribution in [0.1, 0.15) is 31.0 Å². The Kier molecular flexibility index (Phi) is 4.70. The van der Waals surface area contributed by atoms with E-state index in [0.717, 1.165) is 14.7 Å². The molecule has 0 spiro atoms. The molecule has 130 valence electrons. The van der Waals surface area contributed by atoms with Crippen molar-refractivity contribution in [2.45, 2.75) is 31.6 Å². The molecule has 0 aliphatic carbocycles. The molecule has 0 bridgehead atoms. The summed E-state index contributed by atoms with van der Waals surface area (Å²) in [6.07, 6.45) is 0. The predicted molar refractivity (Wildman–Crippen MR) is 90.0 cm³/mol. The van der Waals surface area contributed by atoms with E-state index in [4.69, 9.17) is 4.18 Å². The summed E-state index contributed by atoms with van der Waals surface area (Å²) in [5.41, 5.74) is -0.442. The third kappa shape index (κ3) is 3.14. The van der Waals surface area contributed by atoms with Crippen molar-refractivity contribution in [2.24, 2.45) is 14.1 Å². The van der Waals surface area contributed by atoms with Crippen LogP contribution in [0.15, 0.2) is 38.8 Å². The summed E-state index contributed by atoms with van der Waals surface area (Å²) in [7, 11) is -1.74. The zero-order valence-electron chi connectivity index (χ0n) is 14.2. The van der Waals surface area contributed by atoms with Gasteiger partial charge in [0.25, 0.3) is 5.56 Å². The number of rotatable bonds is 4. The van der Waals surface area contributed by atoms with Gasteiger partial charge in [0, 0.05) is 19.8 Å². The number of nitrogens with zero attached hydrogens (tertiary/aromatic N) is 2. The maximum absolute atomic E-state index is 12.5. The molecule has 2 aromatic rings. The highest BCUT2D eigenvalue weighted by molar-refractivity contribution is 7.87. The first-order valence-electron chi connectivity index (χ1n) is 7.37. The lowest BCUT2D eigenvalue weighted by atomic mass is 10.0. The maximum atomic E-state index is 12.5. The van der Waals surface area contributed by atoms with E-state index >= 15 is 0 Å². The molecule has 1 aromatic carbocycles. The van der Waals surface area contributed by atoms with Crippen molar-refractivity contribution in [3.8, 4) is 5.75 Å². The Morgan fingerprint density at radius 1 is 1.00 bits per heavy atom. The van der Waals surface area contributed by atoms with Crippen LogP contribution in [0.3, 0.4) is 0 Å². The lowest BCUT2D eigenvalue weighted by Crippen LogP contribution is -2.41. The van der Waals surface area contributed by atoms with E-state index in [-0.39, 0.29) is 11.4 Å². The van der Waals surface area contributed by atoms with Gasteiger partial charge in [0.2, 0.25) is 0 Å². The van der Waals surface area contributed by atoms with Crippen LogP contribution in [0.2, 0.25) is 0 Å². The van der Waals surface area contributed by atoms with Crippen molar-refractivity contribution in [1.29, 1.82) is 0 Å². The van der Waals surface area contributed by atoms with Gasteiger partial charge >= 0.3 is 15.8 Å². The first kappa shape index (κ1) is 18.0. The molecule has 0 aliphatic heterocycles. The third-order valence-corrected chi connectivity index (χ3v) is 5.29. The topological polar surface area (TPSA) is 87.4 Å². The smallest absolute Gasteiger partial charge is 0.346 e. The van der Waals surface area contributed by atoms with Crippen LogP contribution in [-0.4, -0.2) is 17.6 Å². The molecule has 0 N–H and O–H groups in total. The largest absolute Gasteiger partial charge is 0.379 e. The lowest BCUT2D eigenvalue weighted by Gasteiger charge is -2.13. The van der Waals surface area contributed by atoms with E-state index < -0.39 is 26.3 Å². The fourth-order valence-electron chi connectivity index (χ4n) is 2.28. The molecular weight excluding hydrogens is 332 g/mol. The third-order valence-electron chi connectivity index (χ3n) is 3.91. The summed E-state index contributed by atoms with van der Waals surface area (Å²) < 4.78 is 32.0. The van der Waals surface area contributed by atoms with Crippen LogP contribution in [0.5, 0.6) is 5.75 Å². The summed E-state index contributed by atoms with van der Waals surface area (Å²) >= 11 is 0. The second-order valence-electron chi connectivity index (χ2n) is 5.88. The minimum atomic E-state index is -4.36. The maximum Gasteiger partial charge on any atom is 0.346 e. The molecule has 0 saturated carbocycles. The highest BCUT2D eigenvalue weighted by Crippen LogP contribution is 2.21. The number of benzene rings is 1. The van der Waals surface area contributed by atoms with Gasteiger partial charge in [-0.25, -0.2) is 4.79 Å². The molecule has 1 heterocycles. The second-order valence-corrected chi connectivity index (χ2v) is 7.36. The average Bonchev–Trinajstić information content (AvgIpc) is 2.51. The van der Waals surface area contributed by atoms with Gasteiger partial charge in [-0.05, 0) is 30.5 Å². The van der Waals surface area contributed by atoms with Crippen molar-refractivity contribution in [3.63, 3.8) is 0 Å². The van der Waals surface area contributed by atoms with Crippen LogP contribution >= 0.6 is 0 Å².